The Balaban J connectivity index is 1.86. The Morgan fingerprint density at radius 2 is 2.62 bits per heavy atom. The predicted molar refractivity (Wildman–Crippen MR) is 65.0 cm³/mol. The summed E-state index contributed by atoms with van der Waals surface area (Å²) in [4.78, 5) is 18.0. The highest BCUT2D eigenvalue weighted by atomic mass is 32.1. The Labute approximate surface area is 99.7 Å². The van der Waals surface area contributed by atoms with Crippen LogP contribution in [0.3, 0.4) is 0 Å². The molecule has 0 aliphatic carbocycles. The van der Waals surface area contributed by atoms with Crippen LogP contribution in [0, 0.1) is 0 Å². The third-order valence-corrected chi connectivity index (χ3v) is 3.77. The summed E-state index contributed by atoms with van der Waals surface area (Å²) < 4.78 is 0. The van der Waals surface area contributed by atoms with Crippen LogP contribution in [0.25, 0.3) is 0 Å². The molecular formula is C11H17N3OS. The van der Waals surface area contributed by atoms with E-state index in [0.717, 1.165) is 13.1 Å². The molecule has 0 aromatic carbocycles. The Kier molecular flexibility index (Phi) is 4.04. The number of ketones is 1. The molecule has 1 fully saturated rings. The fourth-order valence-electron chi connectivity index (χ4n) is 1.99. The summed E-state index contributed by atoms with van der Waals surface area (Å²) in [7, 11) is 2.02. The first-order valence-electron chi connectivity index (χ1n) is 5.61. The zero-order valence-electron chi connectivity index (χ0n) is 9.48. The van der Waals surface area contributed by atoms with E-state index in [-0.39, 0.29) is 5.78 Å². The van der Waals surface area contributed by atoms with Gasteiger partial charge in [0.2, 0.25) is 5.78 Å². The molecule has 1 aliphatic rings. The highest BCUT2D eigenvalue weighted by molar-refractivity contribution is 7.11. The Hall–Kier alpha value is -0.780. The van der Waals surface area contributed by atoms with E-state index in [2.05, 4.69) is 15.2 Å². The molecule has 0 bridgehead atoms. The molecule has 4 nitrogen and oxygen atoms in total. The van der Waals surface area contributed by atoms with Gasteiger partial charge in [0, 0.05) is 24.2 Å². The summed E-state index contributed by atoms with van der Waals surface area (Å²) in [6.07, 6.45) is 4.05. The molecule has 0 amide bonds. The fraction of sp³-hybridized carbons (Fsp3) is 0.636. The lowest BCUT2D eigenvalue weighted by Gasteiger charge is -2.30. The first kappa shape index (κ1) is 11.7. The largest absolute Gasteiger partial charge is 0.315 e. The number of thiazole rings is 1. The Morgan fingerprint density at radius 3 is 3.25 bits per heavy atom. The SMILES string of the molecule is CN(CC(=O)c1nccs1)[C@@H]1CCCNC1. The molecule has 88 valence electrons. The Bertz CT molecular complexity index is 333. The van der Waals surface area contributed by atoms with Gasteiger partial charge in [0.25, 0.3) is 0 Å². The highest BCUT2D eigenvalue weighted by Crippen LogP contribution is 2.11. The van der Waals surface area contributed by atoms with Crippen LogP contribution in [-0.4, -0.2) is 48.4 Å². The van der Waals surface area contributed by atoms with Gasteiger partial charge in [0.05, 0.1) is 6.54 Å². The first-order valence-corrected chi connectivity index (χ1v) is 6.49. The Morgan fingerprint density at radius 1 is 1.75 bits per heavy atom. The third-order valence-electron chi connectivity index (χ3n) is 2.96. The van der Waals surface area contributed by atoms with Crippen molar-refractivity contribution in [2.75, 3.05) is 26.7 Å². The van der Waals surface area contributed by atoms with Crippen LogP contribution in [0.5, 0.6) is 0 Å². The fourth-order valence-corrected chi connectivity index (χ4v) is 2.56. The third kappa shape index (κ3) is 2.87. The number of rotatable bonds is 4. The molecule has 16 heavy (non-hydrogen) atoms. The normalized spacial score (nSPS) is 21.2. The van der Waals surface area contributed by atoms with Crippen LogP contribution in [0.15, 0.2) is 11.6 Å². The molecule has 1 aliphatic heterocycles. The average molecular weight is 239 g/mol. The van der Waals surface area contributed by atoms with Crippen molar-refractivity contribution >= 4 is 17.1 Å². The summed E-state index contributed by atoms with van der Waals surface area (Å²) in [6, 6.07) is 0.484. The zero-order chi connectivity index (χ0) is 11.4. The average Bonchev–Trinajstić information content (AvgIpc) is 2.83. The van der Waals surface area contributed by atoms with Crippen molar-refractivity contribution in [2.45, 2.75) is 18.9 Å². The van der Waals surface area contributed by atoms with Crippen LogP contribution in [0.1, 0.15) is 22.6 Å². The first-order chi connectivity index (χ1) is 7.77. The summed E-state index contributed by atoms with van der Waals surface area (Å²) in [5.41, 5.74) is 0. The maximum absolute atomic E-state index is 11.8. The zero-order valence-corrected chi connectivity index (χ0v) is 10.3. The molecule has 1 N–H and O–H groups in total. The minimum absolute atomic E-state index is 0.128. The number of nitrogens with one attached hydrogen (secondary N) is 1. The van der Waals surface area contributed by atoms with Gasteiger partial charge in [-0.25, -0.2) is 4.98 Å². The van der Waals surface area contributed by atoms with Crippen molar-refractivity contribution in [3.63, 3.8) is 0 Å². The van der Waals surface area contributed by atoms with Crippen LogP contribution in [0.4, 0.5) is 0 Å². The van der Waals surface area contributed by atoms with E-state index in [0.29, 0.717) is 17.6 Å². The van der Waals surface area contributed by atoms with E-state index < -0.39 is 0 Å². The van der Waals surface area contributed by atoms with E-state index in [9.17, 15) is 4.79 Å². The number of likely N-dealkylation sites (N-methyl/N-ethyl adjacent to an activating group) is 1. The molecule has 1 saturated heterocycles. The van der Waals surface area contributed by atoms with Crippen LogP contribution < -0.4 is 5.32 Å². The van der Waals surface area contributed by atoms with E-state index in [1.807, 2.05) is 12.4 Å². The topological polar surface area (TPSA) is 45.2 Å². The van der Waals surface area contributed by atoms with E-state index in [1.54, 1.807) is 6.20 Å². The molecule has 2 heterocycles. The molecule has 0 saturated carbocycles. The van der Waals surface area contributed by atoms with Crippen molar-refractivity contribution in [3.05, 3.63) is 16.6 Å². The second-order valence-corrected chi connectivity index (χ2v) is 5.07. The maximum atomic E-state index is 11.8. The molecule has 5 heteroatoms. The molecule has 0 radical (unpaired) electrons. The lowest BCUT2D eigenvalue weighted by atomic mass is 10.1. The monoisotopic (exact) mass is 239 g/mol. The lowest BCUT2D eigenvalue weighted by Crippen LogP contribution is -2.45. The predicted octanol–water partition coefficient (Wildman–Crippen LogP) is 1.01. The summed E-state index contributed by atoms with van der Waals surface area (Å²) in [5.74, 6) is 0.128. The van der Waals surface area contributed by atoms with Crippen molar-refractivity contribution in [3.8, 4) is 0 Å². The number of carbonyl (C=O) groups excluding carboxylic acids is 1. The molecule has 2 rings (SSSR count). The van der Waals surface area contributed by atoms with Gasteiger partial charge in [0.1, 0.15) is 0 Å². The lowest BCUT2D eigenvalue weighted by molar-refractivity contribution is 0.0906. The standard InChI is InChI=1S/C11H17N3OS/c1-14(9-3-2-4-12-7-9)8-10(15)11-13-5-6-16-11/h5-6,9,12H,2-4,7-8H2,1H3/t9-/m1/s1. The van der Waals surface area contributed by atoms with Gasteiger partial charge in [-0.2, -0.15) is 0 Å². The van der Waals surface area contributed by atoms with Crippen LogP contribution in [-0.2, 0) is 0 Å². The summed E-state index contributed by atoms with van der Waals surface area (Å²) in [6.45, 7) is 2.56. The second-order valence-electron chi connectivity index (χ2n) is 4.18. The molecule has 1 aromatic rings. The molecule has 0 spiro atoms. The summed E-state index contributed by atoms with van der Waals surface area (Å²) in [5, 5.41) is 5.82. The number of Topliss-reactive ketones (excluding diaryl/α,β-unsaturated/α-hetero) is 1. The quantitative estimate of drug-likeness (QED) is 0.797. The molecular weight excluding hydrogens is 222 g/mol. The van der Waals surface area contributed by atoms with Crippen molar-refractivity contribution in [1.29, 1.82) is 0 Å². The van der Waals surface area contributed by atoms with Gasteiger partial charge < -0.3 is 5.32 Å². The van der Waals surface area contributed by atoms with Crippen molar-refractivity contribution in [1.82, 2.24) is 15.2 Å². The van der Waals surface area contributed by atoms with E-state index in [4.69, 9.17) is 0 Å². The summed E-state index contributed by atoms with van der Waals surface area (Å²) >= 11 is 1.42. The molecule has 1 atom stereocenters. The van der Waals surface area contributed by atoms with E-state index >= 15 is 0 Å². The number of piperidine rings is 1. The van der Waals surface area contributed by atoms with Crippen LogP contribution >= 0.6 is 11.3 Å². The number of nitrogens with zero attached hydrogens (tertiary/aromatic N) is 2. The van der Waals surface area contributed by atoms with Gasteiger partial charge in [-0.3, -0.25) is 9.69 Å². The number of hydrogen-bond donors (Lipinski definition) is 1. The second kappa shape index (κ2) is 5.52. The minimum Gasteiger partial charge on any atom is -0.315 e. The van der Waals surface area contributed by atoms with Gasteiger partial charge in [-0.1, -0.05) is 0 Å². The van der Waals surface area contributed by atoms with Gasteiger partial charge >= 0.3 is 0 Å². The van der Waals surface area contributed by atoms with Crippen molar-refractivity contribution in [2.24, 2.45) is 0 Å². The van der Waals surface area contributed by atoms with Crippen LogP contribution in [0.2, 0.25) is 0 Å². The number of aromatic nitrogens is 1. The molecule has 0 unspecified atom stereocenters. The molecule has 1 aromatic heterocycles. The number of carbonyl (C=O) groups is 1. The van der Waals surface area contributed by atoms with Gasteiger partial charge in [-0.15, -0.1) is 11.3 Å². The maximum Gasteiger partial charge on any atom is 0.205 e. The van der Waals surface area contributed by atoms with E-state index in [1.165, 1.54) is 24.2 Å². The van der Waals surface area contributed by atoms with Gasteiger partial charge in [0.15, 0.2) is 5.01 Å². The van der Waals surface area contributed by atoms with Crippen molar-refractivity contribution < 1.29 is 4.79 Å². The minimum atomic E-state index is 0.128. The van der Waals surface area contributed by atoms with Gasteiger partial charge in [-0.05, 0) is 26.4 Å². The highest BCUT2D eigenvalue weighted by Gasteiger charge is 2.20. The smallest absolute Gasteiger partial charge is 0.205 e. The number of hydrogen-bond acceptors (Lipinski definition) is 5.